The van der Waals surface area contributed by atoms with Gasteiger partial charge in [-0.2, -0.15) is 0 Å². The molecule has 0 bridgehead atoms. The molecule has 0 aromatic heterocycles. The minimum Gasteiger partial charge on any atom is -0.484 e. The number of carbonyl (C=O) groups is 1. The summed E-state index contributed by atoms with van der Waals surface area (Å²) >= 11 is 4.02. The summed E-state index contributed by atoms with van der Waals surface area (Å²) in [6.45, 7) is 0.0605. The van der Waals surface area contributed by atoms with Crippen LogP contribution in [-0.4, -0.2) is 24.0 Å². The van der Waals surface area contributed by atoms with Crippen LogP contribution in [0.25, 0.3) is 0 Å². The van der Waals surface area contributed by atoms with Gasteiger partial charge in [-0.3, -0.25) is 4.79 Å². The Morgan fingerprint density at radius 3 is 2.63 bits per heavy atom. The Morgan fingerprint density at radius 2 is 1.81 bits per heavy atom. The molecule has 27 heavy (non-hydrogen) atoms. The lowest BCUT2D eigenvalue weighted by atomic mass is 9.88. The van der Waals surface area contributed by atoms with Gasteiger partial charge in [0.25, 0.3) is 5.91 Å². The van der Waals surface area contributed by atoms with E-state index in [0.717, 1.165) is 25.0 Å². The Bertz CT molecular complexity index is 772. The highest BCUT2D eigenvalue weighted by Crippen LogP contribution is 2.43. The van der Waals surface area contributed by atoms with E-state index in [9.17, 15) is 4.79 Å². The first-order chi connectivity index (χ1) is 13.3. The highest BCUT2D eigenvalue weighted by molar-refractivity contribution is 8.16. The van der Waals surface area contributed by atoms with E-state index in [-0.39, 0.29) is 18.6 Å². The number of rotatable bonds is 5. The lowest BCUT2D eigenvalue weighted by Gasteiger charge is -2.26. The van der Waals surface area contributed by atoms with Gasteiger partial charge >= 0.3 is 0 Å². The molecule has 1 saturated heterocycles. The number of carbonyl (C=O) groups excluding carboxylic acids is 1. The Morgan fingerprint density at radius 1 is 1.04 bits per heavy atom. The van der Waals surface area contributed by atoms with E-state index in [4.69, 9.17) is 4.74 Å². The molecule has 1 aliphatic carbocycles. The fourth-order valence-corrected chi connectivity index (χ4v) is 6.58. The highest BCUT2D eigenvalue weighted by Gasteiger charge is 2.21. The van der Waals surface area contributed by atoms with E-state index in [1.807, 2.05) is 41.7 Å². The maximum Gasteiger partial charge on any atom is 0.258 e. The van der Waals surface area contributed by atoms with Crippen LogP contribution < -0.4 is 10.1 Å². The summed E-state index contributed by atoms with van der Waals surface area (Å²) in [4.78, 5) is 12.4. The van der Waals surface area contributed by atoms with Crippen LogP contribution in [0.1, 0.15) is 46.6 Å². The number of aryl methyl sites for hydroxylation is 1. The first-order valence-electron chi connectivity index (χ1n) is 9.63. The molecule has 0 radical (unpaired) electrons. The largest absolute Gasteiger partial charge is 0.484 e. The smallest absolute Gasteiger partial charge is 0.258 e. The predicted molar refractivity (Wildman–Crippen MR) is 114 cm³/mol. The van der Waals surface area contributed by atoms with Gasteiger partial charge in [0, 0.05) is 0 Å². The minimum atomic E-state index is -0.0563. The standard InChI is InChI=1S/C22H25NO2S2/c24-21(23-20-8-3-6-16-5-1-2-7-19(16)20)15-25-18-11-9-17(10-12-18)22-26-13-4-14-27-22/h1-2,5,7,9-12,20,22H,3-4,6,8,13-15H2,(H,23,24). The van der Waals surface area contributed by atoms with Crippen molar-refractivity contribution in [2.24, 2.45) is 0 Å². The zero-order valence-corrected chi connectivity index (χ0v) is 17.0. The van der Waals surface area contributed by atoms with E-state index in [1.165, 1.54) is 34.6 Å². The number of hydrogen-bond acceptors (Lipinski definition) is 4. The van der Waals surface area contributed by atoms with E-state index in [2.05, 4.69) is 35.6 Å². The summed E-state index contributed by atoms with van der Waals surface area (Å²) in [7, 11) is 0. The Hall–Kier alpha value is -1.59. The van der Waals surface area contributed by atoms with Gasteiger partial charge in [0.2, 0.25) is 0 Å². The van der Waals surface area contributed by atoms with Gasteiger partial charge in [-0.25, -0.2) is 0 Å². The van der Waals surface area contributed by atoms with Crippen molar-refractivity contribution in [3.8, 4) is 5.75 Å². The van der Waals surface area contributed by atoms with Crippen LogP contribution in [0.5, 0.6) is 5.75 Å². The molecular weight excluding hydrogens is 374 g/mol. The average molecular weight is 400 g/mol. The van der Waals surface area contributed by atoms with Crippen molar-refractivity contribution < 1.29 is 9.53 Å². The molecule has 0 spiro atoms. The van der Waals surface area contributed by atoms with Crippen molar-refractivity contribution in [2.45, 2.75) is 36.3 Å². The van der Waals surface area contributed by atoms with Crippen LogP contribution in [0, 0.1) is 0 Å². The van der Waals surface area contributed by atoms with Gasteiger partial charge in [0.05, 0.1) is 10.6 Å². The predicted octanol–water partition coefficient (Wildman–Crippen LogP) is 5.13. The van der Waals surface area contributed by atoms with Gasteiger partial charge in [-0.1, -0.05) is 36.4 Å². The van der Waals surface area contributed by atoms with E-state index < -0.39 is 0 Å². The maximum absolute atomic E-state index is 12.4. The fourth-order valence-electron chi connectivity index (χ4n) is 3.69. The van der Waals surface area contributed by atoms with Crippen LogP contribution in [0.3, 0.4) is 0 Å². The van der Waals surface area contributed by atoms with Crippen LogP contribution >= 0.6 is 23.5 Å². The third-order valence-corrected chi connectivity index (χ3v) is 8.07. The van der Waals surface area contributed by atoms with Gasteiger partial charge in [-0.15, -0.1) is 23.5 Å². The zero-order valence-electron chi connectivity index (χ0n) is 15.4. The maximum atomic E-state index is 12.4. The zero-order chi connectivity index (χ0) is 18.5. The summed E-state index contributed by atoms with van der Waals surface area (Å²) in [5.41, 5.74) is 3.94. The molecule has 2 aliphatic rings. The van der Waals surface area contributed by atoms with Gasteiger partial charge in [0.1, 0.15) is 5.75 Å². The first kappa shape index (κ1) is 18.8. The summed E-state index contributed by atoms with van der Waals surface area (Å²) in [5.74, 6) is 3.17. The molecule has 3 nitrogen and oxygen atoms in total. The first-order valence-corrected chi connectivity index (χ1v) is 11.7. The molecule has 1 heterocycles. The van der Waals surface area contributed by atoms with Crippen molar-refractivity contribution >= 4 is 29.4 Å². The molecular formula is C22H25NO2S2. The quantitative estimate of drug-likeness (QED) is 0.757. The normalized spacial score (nSPS) is 19.9. The second-order valence-corrected chi connectivity index (χ2v) is 9.72. The second kappa shape index (κ2) is 9.07. The molecule has 1 N–H and O–H groups in total. The molecule has 1 amide bonds. The van der Waals surface area contributed by atoms with Crippen LogP contribution in [-0.2, 0) is 11.2 Å². The van der Waals surface area contributed by atoms with E-state index in [0.29, 0.717) is 4.58 Å². The molecule has 5 heteroatoms. The number of nitrogens with one attached hydrogen (secondary N) is 1. The molecule has 4 rings (SSSR count). The SMILES string of the molecule is O=C(COc1ccc(C2SCCCS2)cc1)NC1CCCc2ccccc21. The summed E-state index contributed by atoms with van der Waals surface area (Å²) in [6, 6.07) is 16.7. The summed E-state index contributed by atoms with van der Waals surface area (Å²) in [5, 5.41) is 3.14. The third-order valence-electron chi connectivity index (χ3n) is 5.05. The minimum absolute atomic E-state index is 0.0563. The van der Waals surface area contributed by atoms with Crippen LogP contribution in [0.15, 0.2) is 48.5 Å². The van der Waals surface area contributed by atoms with Crippen molar-refractivity contribution in [1.82, 2.24) is 5.32 Å². The molecule has 2 aromatic carbocycles. The van der Waals surface area contributed by atoms with Crippen LogP contribution in [0.2, 0.25) is 0 Å². The molecule has 0 saturated carbocycles. The van der Waals surface area contributed by atoms with Gasteiger partial charge in [-0.05, 0) is 66.0 Å². The fraction of sp³-hybridized carbons (Fsp3) is 0.409. The van der Waals surface area contributed by atoms with Crippen molar-refractivity contribution in [1.29, 1.82) is 0 Å². The highest BCUT2D eigenvalue weighted by atomic mass is 32.2. The second-order valence-electron chi connectivity index (χ2n) is 7.00. The molecule has 2 aromatic rings. The summed E-state index contributed by atoms with van der Waals surface area (Å²) in [6.07, 6.45) is 4.51. The number of ether oxygens (including phenoxy) is 1. The number of hydrogen-bond donors (Lipinski definition) is 1. The molecule has 142 valence electrons. The van der Waals surface area contributed by atoms with Gasteiger partial charge in [0.15, 0.2) is 6.61 Å². The average Bonchev–Trinajstić information content (AvgIpc) is 2.74. The van der Waals surface area contributed by atoms with Crippen molar-refractivity contribution in [2.75, 3.05) is 18.1 Å². The van der Waals surface area contributed by atoms with E-state index >= 15 is 0 Å². The number of amides is 1. The van der Waals surface area contributed by atoms with Crippen molar-refractivity contribution in [3.05, 3.63) is 65.2 Å². The topological polar surface area (TPSA) is 38.3 Å². The molecule has 1 unspecified atom stereocenters. The molecule has 1 aliphatic heterocycles. The monoisotopic (exact) mass is 399 g/mol. The number of benzene rings is 2. The third kappa shape index (κ3) is 4.82. The molecule has 1 atom stereocenters. The van der Waals surface area contributed by atoms with Crippen molar-refractivity contribution in [3.63, 3.8) is 0 Å². The van der Waals surface area contributed by atoms with Crippen LogP contribution in [0.4, 0.5) is 0 Å². The summed E-state index contributed by atoms with van der Waals surface area (Å²) < 4.78 is 6.24. The van der Waals surface area contributed by atoms with Gasteiger partial charge < -0.3 is 10.1 Å². The Kier molecular flexibility index (Phi) is 6.30. The number of thioether (sulfide) groups is 2. The molecule has 1 fully saturated rings. The van der Waals surface area contributed by atoms with E-state index in [1.54, 1.807) is 0 Å². The Balaban J connectivity index is 1.29. The number of fused-ring (bicyclic) bond motifs is 1. The Labute approximate surface area is 169 Å². The lowest BCUT2D eigenvalue weighted by molar-refractivity contribution is -0.123. The lowest BCUT2D eigenvalue weighted by Crippen LogP contribution is -2.34.